The highest BCUT2D eigenvalue weighted by Gasteiger charge is 2.31. The first-order chi connectivity index (χ1) is 30.2. The summed E-state index contributed by atoms with van der Waals surface area (Å²) in [6.07, 6.45) is 3.98. The molecule has 3 heteroatoms. The number of hydrogen-bond acceptors (Lipinski definition) is 2. The minimum atomic E-state index is 0.706. The molecule has 2 aromatic heterocycles. The molecule has 2 heterocycles. The molecule has 0 saturated carbocycles. The van der Waals surface area contributed by atoms with Gasteiger partial charge in [-0.1, -0.05) is 182 Å². The Morgan fingerprint density at radius 2 is 0.902 bits per heavy atom. The van der Waals surface area contributed by atoms with Gasteiger partial charge in [0.25, 0.3) is 0 Å². The average molecular weight is 774 g/mol. The van der Waals surface area contributed by atoms with Crippen LogP contribution in [0.2, 0.25) is 0 Å². The van der Waals surface area contributed by atoms with E-state index in [1.54, 1.807) is 0 Å². The number of aromatic nitrogens is 3. The Hall–Kier alpha value is -8.14. The summed E-state index contributed by atoms with van der Waals surface area (Å²) in [6, 6.07) is 73.2. The molecule has 0 unspecified atom stereocenters. The molecule has 0 aliphatic heterocycles. The van der Waals surface area contributed by atoms with Gasteiger partial charge in [-0.05, 0) is 117 Å². The highest BCUT2D eigenvalue weighted by atomic mass is 15.1. The molecular weight excluding hydrogens is 739 g/mol. The van der Waals surface area contributed by atoms with Crippen molar-refractivity contribution in [1.29, 1.82) is 0 Å². The molecule has 0 atom stereocenters. The SMILES string of the molecule is c1ccc(-c2c3c(c(-c4ccccc4)c4ccccc24)-c2ccc(-c4ccc5cc(-c6ccc(-c7cn8c(ncc9ccccc98)n7)cc6)ccc5c4)c4cccc-3c24)cc1. The molecule has 0 fully saturated rings. The van der Waals surface area contributed by atoms with Crippen molar-refractivity contribution < 1.29 is 0 Å². The van der Waals surface area contributed by atoms with Crippen LogP contribution in [0.3, 0.4) is 0 Å². The van der Waals surface area contributed by atoms with E-state index in [2.05, 4.69) is 210 Å². The predicted molar refractivity (Wildman–Crippen MR) is 255 cm³/mol. The summed E-state index contributed by atoms with van der Waals surface area (Å²) in [5.41, 5.74) is 18.2. The summed E-state index contributed by atoms with van der Waals surface area (Å²) >= 11 is 0. The van der Waals surface area contributed by atoms with Gasteiger partial charge in [0.15, 0.2) is 0 Å². The van der Waals surface area contributed by atoms with E-state index in [9.17, 15) is 0 Å². The smallest absolute Gasteiger partial charge is 0.234 e. The van der Waals surface area contributed by atoms with Crippen molar-refractivity contribution in [3.63, 3.8) is 0 Å². The first kappa shape index (κ1) is 33.8. The maximum absolute atomic E-state index is 4.85. The van der Waals surface area contributed by atoms with Gasteiger partial charge in [0, 0.05) is 23.3 Å². The molecule has 12 aromatic rings. The lowest BCUT2D eigenvalue weighted by molar-refractivity contribution is 1.17. The first-order valence-electron chi connectivity index (χ1n) is 20.9. The molecule has 3 nitrogen and oxygen atoms in total. The van der Waals surface area contributed by atoms with Gasteiger partial charge in [-0.3, -0.25) is 4.40 Å². The molecule has 0 bridgehead atoms. The summed E-state index contributed by atoms with van der Waals surface area (Å²) in [5.74, 6) is 0.706. The van der Waals surface area contributed by atoms with E-state index in [0.717, 1.165) is 22.2 Å². The molecule has 1 aliphatic carbocycles. The van der Waals surface area contributed by atoms with Crippen molar-refractivity contribution in [1.82, 2.24) is 14.4 Å². The van der Waals surface area contributed by atoms with Crippen LogP contribution in [0.5, 0.6) is 0 Å². The number of nitrogens with zero attached hydrogens (tertiary/aromatic N) is 3. The summed E-state index contributed by atoms with van der Waals surface area (Å²) in [6.45, 7) is 0. The van der Waals surface area contributed by atoms with Gasteiger partial charge in [-0.15, -0.1) is 0 Å². The second-order valence-corrected chi connectivity index (χ2v) is 16.1. The Bertz CT molecular complexity index is 3640. The largest absolute Gasteiger partial charge is 0.283 e. The van der Waals surface area contributed by atoms with Crippen molar-refractivity contribution in [2.24, 2.45) is 0 Å². The molecular formula is C58H35N3. The summed E-state index contributed by atoms with van der Waals surface area (Å²) < 4.78 is 2.07. The zero-order valence-corrected chi connectivity index (χ0v) is 33.0. The van der Waals surface area contributed by atoms with Gasteiger partial charge in [-0.25, -0.2) is 9.97 Å². The second kappa shape index (κ2) is 13.2. The van der Waals surface area contributed by atoms with Crippen LogP contribution in [0.4, 0.5) is 0 Å². The standard InChI is InChI=1S/C58H35N3/c1-3-12-38(13-4-1)53-47-17-8-9-18-48(47)54(39-14-5-2-6-15-39)57-50-31-30-45(46-19-11-20-49(55(46)50)56(53)57)43-29-28-41-32-40(26-27-42(41)33-43)36-22-24-37(25-23-36)51-35-61-52-21-10-7-16-44(52)34-59-58(61)60-51/h1-35H. The van der Waals surface area contributed by atoms with Crippen molar-refractivity contribution in [3.8, 4) is 78.0 Å². The normalized spacial score (nSPS) is 11.9. The fourth-order valence-electron chi connectivity index (χ4n) is 10.0. The molecule has 0 saturated heterocycles. The second-order valence-electron chi connectivity index (χ2n) is 16.1. The van der Waals surface area contributed by atoms with E-state index in [1.807, 2.05) is 12.3 Å². The minimum Gasteiger partial charge on any atom is -0.283 e. The average Bonchev–Trinajstić information content (AvgIpc) is 3.92. The number of benzene rings is 10. The first-order valence-corrected chi connectivity index (χ1v) is 20.9. The van der Waals surface area contributed by atoms with Gasteiger partial charge < -0.3 is 0 Å². The summed E-state index contributed by atoms with van der Waals surface area (Å²) in [5, 5.41) is 8.69. The van der Waals surface area contributed by atoms with Crippen LogP contribution >= 0.6 is 0 Å². The van der Waals surface area contributed by atoms with E-state index in [-0.39, 0.29) is 0 Å². The summed E-state index contributed by atoms with van der Waals surface area (Å²) in [7, 11) is 0. The fourth-order valence-corrected chi connectivity index (χ4v) is 10.0. The van der Waals surface area contributed by atoms with Gasteiger partial charge in [0.05, 0.1) is 11.2 Å². The Kier molecular flexibility index (Phi) is 7.31. The van der Waals surface area contributed by atoms with Crippen LogP contribution in [-0.2, 0) is 0 Å². The Labute approximate surface area is 352 Å². The third-order valence-corrected chi connectivity index (χ3v) is 12.8. The van der Waals surface area contributed by atoms with E-state index >= 15 is 0 Å². The molecule has 282 valence electrons. The monoisotopic (exact) mass is 773 g/mol. The minimum absolute atomic E-state index is 0.706. The Morgan fingerprint density at radius 1 is 0.344 bits per heavy atom. The van der Waals surface area contributed by atoms with E-state index in [4.69, 9.17) is 4.98 Å². The quantitative estimate of drug-likeness (QED) is 0.174. The van der Waals surface area contributed by atoms with Crippen molar-refractivity contribution in [3.05, 3.63) is 213 Å². The van der Waals surface area contributed by atoms with Gasteiger partial charge >= 0.3 is 0 Å². The van der Waals surface area contributed by atoms with Crippen LogP contribution < -0.4 is 0 Å². The van der Waals surface area contributed by atoms with E-state index in [0.29, 0.717) is 5.78 Å². The molecule has 0 radical (unpaired) electrons. The van der Waals surface area contributed by atoms with Crippen LogP contribution in [0.25, 0.3) is 127 Å². The number of imidazole rings is 1. The molecule has 1 aliphatic rings. The van der Waals surface area contributed by atoms with Gasteiger partial charge in [0.1, 0.15) is 0 Å². The number of hydrogen-bond donors (Lipinski definition) is 0. The molecule has 13 rings (SSSR count). The van der Waals surface area contributed by atoms with E-state index in [1.165, 1.54) is 99.1 Å². The Morgan fingerprint density at radius 3 is 1.62 bits per heavy atom. The van der Waals surface area contributed by atoms with E-state index < -0.39 is 0 Å². The van der Waals surface area contributed by atoms with Gasteiger partial charge in [0.2, 0.25) is 5.78 Å². The van der Waals surface area contributed by atoms with Crippen molar-refractivity contribution in [2.75, 3.05) is 0 Å². The third kappa shape index (κ3) is 5.17. The zero-order valence-electron chi connectivity index (χ0n) is 33.0. The predicted octanol–water partition coefficient (Wildman–Crippen LogP) is 15.3. The van der Waals surface area contributed by atoms with Crippen molar-refractivity contribution >= 4 is 49.0 Å². The van der Waals surface area contributed by atoms with Crippen LogP contribution in [0.1, 0.15) is 0 Å². The highest BCUT2D eigenvalue weighted by molar-refractivity contribution is 6.28. The third-order valence-electron chi connectivity index (χ3n) is 12.8. The number of rotatable bonds is 5. The maximum atomic E-state index is 4.85. The van der Waals surface area contributed by atoms with Crippen molar-refractivity contribution in [2.45, 2.75) is 0 Å². The highest BCUT2D eigenvalue weighted by Crippen LogP contribution is 2.58. The lowest BCUT2D eigenvalue weighted by atomic mass is 9.82. The van der Waals surface area contributed by atoms with Gasteiger partial charge in [-0.2, -0.15) is 0 Å². The zero-order chi connectivity index (χ0) is 40.0. The molecule has 61 heavy (non-hydrogen) atoms. The number of fused-ring (bicyclic) bond motifs is 8. The lowest BCUT2D eigenvalue weighted by Crippen LogP contribution is -1.93. The maximum Gasteiger partial charge on any atom is 0.234 e. The Balaban J connectivity index is 0.905. The molecule has 0 N–H and O–H groups in total. The number of para-hydroxylation sites is 1. The van der Waals surface area contributed by atoms with Crippen LogP contribution in [0.15, 0.2) is 213 Å². The summed E-state index contributed by atoms with van der Waals surface area (Å²) in [4.78, 5) is 9.45. The lowest BCUT2D eigenvalue weighted by Gasteiger charge is -2.20. The molecule has 0 amide bonds. The topological polar surface area (TPSA) is 30.2 Å². The van der Waals surface area contributed by atoms with Crippen LogP contribution in [-0.4, -0.2) is 14.4 Å². The van der Waals surface area contributed by atoms with Crippen LogP contribution in [0, 0.1) is 0 Å². The molecule has 10 aromatic carbocycles. The molecule has 0 spiro atoms. The fraction of sp³-hybridized carbons (Fsp3) is 0.